The minimum Gasteiger partial charge on any atom is -0.497 e. The smallest absolute Gasteiger partial charge is 0.255 e. The van der Waals surface area contributed by atoms with Gasteiger partial charge in [0.15, 0.2) is 0 Å². The number of rotatable bonds is 8. The van der Waals surface area contributed by atoms with Crippen LogP contribution in [0.25, 0.3) is 12.2 Å². The molecule has 33 heavy (non-hydrogen) atoms. The second-order valence-electron chi connectivity index (χ2n) is 7.22. The molecular formula is C27H23N3O2S. The average Bonchev–Trinajstić information content (AvgIpc) is 2.88. The van der Waals surface area contributed by atoms with Crippen LogP contribution in [-0.2, 0) is 5.75 Å². The number of ether oxygens (including phenoxy) is 1. The van der Waals surface area contributed by atoms with Crippen LogP contribution >= 0.6 is 11.8 Å². The minimum absolute atomic E-state index is 0.136. The van der Waals surface area contributed by atoms with Gasteiger partial charge in [0.25, 0.3) is 5.91 Å². The number of carbonyl (C=O) groups is 1. The van der Waals surface area contributed by atoms with Gasteiger partial charge >= 0.3 is 0 Å². The molecule has 0 saturated heterocycles. The molecule has 1 amide bonds. The van der Waals surface area contributed by atoms with Gasteiger partial charge in [-0.05, 0) is 53.1 Å². The lowest BCUT2D eigenvalue weighted by atomic mass is 10.1. The van der Waals surface area contributed by atoms with Crippen LogP contribution in [0.1, 0.15) is 27.0 Å². The summed E-state index contributed by atoms with van der Waals surface area (Å²) in [5.41, 5.74) is 4.56. The highest BCUT2D eigenvalue weighted by Crippen LogP contribution is 2.21. The van der Waals surface area contributed by atoms with Gasteiger partial charge in [-0.3, -0.25) is 9.78 Å². The fourth-order valence-corrected chi connectivity index (χ4v) is 3.87. The van der Waals surface area contributed by atoms with E-state index in [0.717, 1.165) is 38.9 Å². The van der Waals surface area contributed by atoms with Gasteiger partial charge in [0.05, 0.1) is 13.3 Å². The van der Waals surface area contributed by atoms with E-state index in [1.807, 2.05) is 84.9 Å². The van der Waals surface area contributed by atoms with Gasteiger partial charge in [-0.1, -0.05) is 48.6 Å². The Morgan fingerprint density at radius 3 is 2.36 bits per heavy atom. The molecule has 0 atom stereocenters. The van der Waals surface area contributed by atoms with E-state index < -0.39 is 0 Å². The van der Waals surface area contributed by atoms with Gasteiger partial charge in [-0.25, -0.2) is 4.98 Å². The first-order valence-corrected chi connectivity index (χ1v) is 11.4. The summed E-state index contributed by atoms with van der Waals surface area (Å²) in [7, 11) is 1.66. The number of methoxy groups -OCH3 is 1. The maximum absolute atomic E-state index is 12.7. The number of nitrogens with one attached hydrogen (secondary N) is 1. The van der Waals surface area contributed by atoms with Crippen LogP contribution in [0.5, 0.6) is 5.75 Å². The van der Waals surface area contributed by atoms with E-state index in [1.54, 1.807) is 37.5 Å². The highest BCUT2D eigenvalue weighted by molar-refractivity contribution is 7.98. The van der Waals surface area contributed by atoms with Crippen molar-refractivity contribution in [2.75, 3.05) is 12.4 Å². The van der Waals surface area contributed by atoms with Crippen molar-refractivity contribution in [3.8, 4) is 5.75 Å². The Morgan fingerprint density at radius 2 is 1.70 bits per heavy atom. The molecule has 0 unspecified atom stereocenters. The molecule has 1 N–H and O–H groups in total. The molecule has 6 heteroatoms. The number of benzene rings is 3. The van der Waals surface area contributed by atoms with E-state index in [4.69, 9.17) is 4.74 Å². The Hall–Kier alpha value is -3.90. The molecule has 164 valence electrons. The molecule has 0 aliphatic heterocycles. The quantitative estimate of drug-likeness (QED) is 0.254. The zero-order valence-electron chi connectivity index (χ0n) is 18.1. The van der Waals surface area contributed by atoms with Crippen LogP contribution < -0.4 is 10.1 Å². The van der Waals surface area contributed by atoms with E-state index in [1.165, 1.54) is 0 Å². The first-order chi connectivity index (χ1) is 16.2. The number of nitrogens with zero attached hydrogens (tertiary/aromatic N) is 2. The molecule has 0 aliphatic rings. The SMILES string of the molecule is COc1ccc(/C=C/c2ccc(NC(=O)c3cccc(CSc4cnccn4)c3)cc2)cc1. The lowest BCUT2D eigenvalue weighted by Gasteiger charge is -2.07. The second-order valence-corrected chi connectivity index (χ2v) is 8.21. The number of aromatic nitrogens is 2. The molecule has 0 aliphatic carbocycles. The highest BCUT2D eigenvalue weighted by atomic mass is 32.2. The van der Waals surface area contributed by atoms with Gasteiger partial charge < -0.3 is 10.1 Å². The van der Waals surface area contributed by atoms with Gasteiger partial charge in [-0.2, -0.15) is 0 Å². The second kappa shape index (κ2) is 11.1. The van der Waals surface area contributed by atoms with Gasteiger partial charge in [0.2, 0.25) is 0 Å². The van der Waals surface area contributed by atoms with Crippen LogP contribution in [0.2, 0.25) is 0 Å². The first-order valence-electron chi connectivity index (χ1n) is 10.4. The van der Waals surface area contributed by atoms with E-state index in [-0.39, 0.29) is 5.91 Å². The van der Waals surface area contributed by atoms with Gasteiger partial charge in [0, 0.05) is 29.4 Å². The fraction of sp³-hybridized carbons (Fsp3) is 0.0741. The largest absolute Gasteiger partial charge is 0.497 e. The summed E-state index contributed by atoms with van der Waals surface area (Å²) in [6, 6.07) is 23.3. The van der Waals surface area contributed by atoms with Crippen LogP contribution in [0, 0.1) is 0 Å². The van der Waals surface area contributed by atoms with Crippen LogP contribution in [0.4, 0.5) is 5.69 Å². The third-order valence-electron chi connectivity index (χ3n) is 4.87. The van der Waals surface area contributed by atoms with Crippen molar-refractivity contribution in [2.45, 2.75) is 10.8 Å². The maximum Gasteiger partial charge on any atom is 0.255 e. The van der Waals surface area contributed by atoms with Crippen LogP contribution in [0.3, 0.4) is 0 Å². The van der Waals surface area contributed by atoms with Gasteiger partial charge in [-0.15, -0.1) is 11.8 Å². The summed E-state index contributed by atoms with van der Waals surface area (Å²) in [6.07, 6.45) is 9.13. The Labute approximate surface area is 197 Å². The Morgan fingerprint density at radius 1 is 0.970 bits per heavy atom. The number of anilines is 1. The standard InChI is InChI=1S/C27H23N3O2S/c1-32-25-13-9-21(10-14-25)6-5-20-7-11-24(12-8-20)30-27(31)23-4-2-3-22(17-23)19-33-26-18-28-15-16-29-26/h2-18H,19H2,1H3,(H,30,31)/b6-5+. The van der Waals surface area contributed by atoms with E-state index >= 15 is 0 Å². The Balaban J connectivity index is 1.34. The summed E-state index contributed by atoms with van der Waals surface area (Å²) in [4.78, 5) is 21.1. The molecule has 5 nitrogen and oxygen atoms in total. The number of amides is 1. The summed E-state index contributed by atoms with van der Waals surface area (Å²) >= 11 is 1.59. The molecule has 1 heterocycles. The summed E-state index contributed by atoms with van der Waals surface area (Å²) < 4.78 is 5.18. The predicted octanol–water partition coefficient (Wildman–Crippen LogP) is 6.20. The topological polar surface area (TPSA) is 64.1 Å². The monoisotopic (exact) mass is 453 g/mol. The number of hydrogen-bond acceptors (Lipinski definition) is 5. The minimum atomic E-state index is -0.136. The first kappa shape index (κ1) is 22.3. The zero-order valence-corrected chi connectivity index (χ0v) is 19.0. The van der Waals surface area contributed by atoms with Crippen molar-refractivity contribution in [3.63, 3.8) is 0 Å². The molecule has 0 bridgehead atoms. The van der Waals surface area contributed by atoms with E-state index in [0.29, 0.717) is 5.56 Å². The Bertz CT molecular complexity index is 1220. The van der Waals surface area contributed by atoms with Crippen LogP contribution in [0.15, 0.2) is 96.4 Å². The molecule has 4 rings (SSSR count). The van der Waals surface area contributed by atoms with Gasteiger partial charge in [0.1, 0.15) is 10.8 Å². The molecule has 4 aromatic rings. The van der Waals surface area contributed by atoms with Crippen molar-refractivity contribution >= 4 is 35.5 Å². The molecule has 1 aromatic heterocycles. The van der Waals surface area contributed by atoms with E-state index in [2.05, 4.69) is 15.3 Å². The zero-order chi connectivity index (χ0) is 22.9. The lowest BCUT2D eigenvalue weighted by Crippen LogP contribution is -2.12. The number of thioether (sulfide) groups is 1. The highest BCUT2D eigenvalue weighted by Gasteiger charge is 2.07. The molecule has 0 saturated carbocycles. The summed E-state index contributed by atoms with van der Waals surface area (Å²) in [6.45, 7) is 0. The molecular weight excluding hydrogens is 430 g/mol. The molecule has 0 fully saturated rings. The normalized spacial score (nSPS) is 10.8. The Kier molecular flexibility index (Phi) is 7.51. The third kappa shape index (κ3) is 6.54. The maximum atomic E-state index is 12.7. The fourth-order valence-electron chi connectivity index (χ4n) is 3.11. The van der Waals surface area contributed by atoms with Crippen LogP contribution in [-0.4, -0.2) is 23.0 Å². The van der Waals surface area contributed by atoms with Crippen molar-refractivity contribution in [3.05, 3.63) is 114 Å². The van der Waals surface area contributed by atoms with E-state index in [9.17, 15) is 4.79 Å². The third-order valence-corrected chi connectivity index (χ3v) is 5.85. The van der Waals surface area contributed by atoms with Crippen molar-refractivity contribution in [2.24, 2.45) is 0 Å². The van der Waals surface area contributed by atoms with Crippen molar-refractivity contribution in [1.82, 2.24) is 9.97 Å². The lowest BCUT2D eigenvalue weighted by molar-refractivity contribution is 0.102. The molecule has 3 aromatic carbocycles. The molecule has 0 radical (unpaired) electrons. The van der Waals surface area contributed by atoms with Crippen molar-refractivity contribution in [1.29, 1.82) is 0 Å². The summed E-state index contributed by atoms with van der Waals surface area (Å²) in [5, 5.41) is 3.82. The molecule has 0 spiro atoms. The summed E-state index contributed by atoms with van der Waals surface area (Å²) in [5.74, 6) is 1.42. The number of hydrogen-bond donors (Lipinski definition) is 1. The average molecular weight is 454 g/mol. The van der Waals surface area contributed by atoms with Crippen molar-refractivity contribution < 1.29 is 9.53 Å². The predicted molar refractivity (Wildman–Crippen MR) is 134 cm³/mol. The number of carbonyl (C=O) groups excluding carboxylic acids is 1.